The fraction of sp³-hybridized carbons (Fsp3) is 0.176. The molecule has 0 saturated carbocycles. The predicted molar refractivity (Wildman–Crippen MR) is 92.5 cm³/mol. The number of benzene rings is 1. The first-order valence-corrected chi connectivity index (χ1v) is 7.68. The summed E-state index contributed by atoms with van der Waals surface area (Å²) < 4.78 is 9.53. The van der Waals surface area contributed by atoms with Crippen LogP contribution in [0.1, 0.15) is 5.56 Å². The monoisotopic (exact) mass is 336 g/mol. The second-order valence-electron chi connectivity index (χ2n) is 5.78. The maximum absolute atomic E-state index is 12.3. The minimum Gasteiger partial charge on any atom is -0.467 e. The van der Waals surface area contributed by atoms with Gasteiger partial charge in [0.25, 0.3) is 0 Å². The molecule has 126 valence electrons. The summed E-state index contributed by atoms with van der Waals surface area (Å²) >= 11 is 0. The average molecular weight is 336 g/mol. The standard InChI is InChI=1S/C17H16N6O2/c1-11-6-14(9-18-8-11)22-10-12-7-13(4-5-15(12)19-22)23-17(24)21(2)16(20-23)25-3/h4-10H,1-3H3. The number of nitrogens with zero attached hydrogens (tertiary/aromatic N) is 6. The van der Waals surface area contributed by atoms with Crippen LogP contribution in [-0.4, -0.2) is 36.2 Å². The van der Waals surface area contributed by atoms with Crippen LogP contribution >= 0.6 is 0 Å². The number of pyridine rings is 1. The zero-order chi connectivity index (χ0) is 17.6. The zero-order valence-electron chi connectivity index (χ0n) is 14.0. The van der Waals surface area contributed by atoms with Crippen LogP contribution in [0.2, 0.25) is 0 Å². The first-order chi connectivity index (χ1) is 12.1. The van der Waals surface area contributed by atoms with Gasteiger partial charge in [0.05, 0.1) is 30.2 Å². The van der Waals surface area contributed by atoms with Gasteiger partial charge in [-0.15, -0.1) is 5.10 Å². The molecule has 1 aromatic carbocycles. The van der Waals surface area contributed by atoms with Crippen LogP contribution in [0.4, 0.5) is 0 Å². The van der Waals surface area contributed by atoms with Crippen LogP contribution in [0, 0.1) is 6.92 Å². The Bertz CT molecular complexity index is 1140. The number of aryl methyl sites for hydroxylation is 1. The van der Waals surface area contributed by atoms with Gasteiger partial charge >= 0.3 is 11.7 Å². The summed E-state index contributed by atoms with van der Waals surface area (Å²) in [6, 6.07) is 7.80. The molecule has 0 N–H and O–H groups in total. The summed E-state index contributed by atoms with van der Waals surface area (Å²) in [4.78, 5) is 16.5. The van der Waals surface area contributed by atoms with Crippen LogP contribution in [0.25, 0.3) is 22.3 Å². The highest BCUT2D eigenvalue weighted by atomic mass is 16.5. The van der Waals surface area contributed by atoms with E-state index in [0.717, 1.165) is 22.2 Å². The Morgan fingerprint density at radius 1 is 1.08 bits per heavy atom. The van der Waals surface area contributed by atoms with Crippen LogP contribution in [0.15, 0.2) is 47.7 Å². The summed E-state index contributed by atoms with van der Waals surface area (Å²) in [7, 11) is 3.10. The van der Waals surface area contributed by atoms with E-state index >= 15 is 0 Å². The van der Waals surface area contributed by atoms with Gasteiger partial charge in [-0.1, -0.05) is 0 Å². The van der Waals surface area contributed by atoms with Crippen molar-refractivity contribution in [3.05, 3.63) is 58.9 Å². The quantitative estimate of drug-likeness (QED) is 0.568. The number of fused-ring (bicyclic) bond motifs is 1. The molecule has 0 radical (unpaired) electrons. The molecule has 0 saturated heterocycles. The Kier molecular flexibility index (Phi) is 3.38. The van der Waals surface area contributed by atoms with Crippen molar-refractivity contribution in [2.24, 2.45) is 7.05 Å². The SMILES string of the molecule is COc1nn(-c2ccc3nn(-c4cncc(C)c4)cc3c2)c(=O)n1C. The summed E-state index contributed by atoms with van der Waals surface area (Å²) in [5, 5.41) is 9.65. The summed E-state index contributed by atoms with van der Waals surface area (Å²) in [6.07, 6.45) is 5.46. The lowest BCUT2D eigenvalue weighted by molar-refractivity contribution is 0.362. The Morgan fingerprint density at radius 2 is 1.92 bits per heavy atom. The van der Waals surface area contributed by atoms with E-state index in [1.54, 1.807) is 24.1 Å². The third kappa shape index (κ3) is 2.47. The van der Waals surface area contributed by atoms with E-state index < -0.39 is 0 Å². The third-order valence-corrected chi connectivity index (χ3v) is 3.98. The number of methoxy groups -OCH3 is 1. The molecular weight excluding hydrogens is 320 g/mol. The van der Waals surface area contributed by atoms with Gasteiger partial charge in [-0.3, -0.25) is 4.98 Å². The molecule has 0 aliphatic carbocycles. The molecule has 4 rings (SSSR count). The molecule has 0 spiro atoms. The molecule has 8 nitrogen and oxygen atoms in total. The normalized spacial score (nSPS) is 11.2. The summed E-state index contributed by atoms with van der Waals surface area (Å²) in [5.41, 5.74) is 3.14. The first kappa shape index (κ1) is 15.1. The Morgan fingerprint density at radius 3 is 2.64 bits per heavy atom. The van der Waals surface area contributed by atoms with Gasteiger partial charge < -0.3 is 4.74 Å². The number of hydrogen-bond acceptors (Lipinski definition) is 5. The Labute approximate surface area is 142 Å². The lowest BCUT2D eigenvalue weighted by Gasteiger charge is -2.00. The minimum atomic E-state index is -0.272. The first-order valence-electron chi connectivity index (χ1n) is 7.68. The largest absolute Gasteiger partial charge is 0.467 e. The van der Waals surface area contributed by atoms with E-state index in [-0.39, 0.29) is 11.7 Å². The molecule has 0 aliphatic rings. The highest BCUT2D eigenvalue weighted by Crippen LogP contribution is 2.19. The molecule has 0 bridgehead atoms. The molecular formula is C17H16N6O2. The molecule has 8 heteroatoms. The maximum Gasteiger partial charge on any atom is 0.353 e. The van der Waals surface area contributed by atoms with Crippen molar-refractivity contribution in [3.63, 3.8) is 0 Å². The Balaban J connectivity index is 1.82. The summed E-state index contributed by atoms with van der Waals surface area (Å²) in [5.74, 6) is 0. The molecule has 0 aliphatic heterocycles. The van der Waals surface area contributed by atoms with Crippen molar-refractivity contribution in [1.29, 1.82) is 0 Å². The predicted octanol–water partition coefficient (Wildman–Crippen LogP) is 1.62. The van der Waals surface area contributed by atoms with Crippen molar-refractivity contribution in [2.75, 3.05) is 7.11 Å². The molecule has 25 heavy (non-hydrogen) atoms. The van der Waals surface area contributed by atoms with E-state index in [9.17, 15) is 4.79 Å². The van der Waals surface area contributed by atoms with Crippen LogP contribution < -0.4 is 10.4 Å². The van der Waals surface area contributed by atoms with Crippen molar-refractivity contribution in [1.82, 2.24) is 29.1 Å². The van der Waals surface area contributed by atoms with Gasteiger partial charge in [-0.2, -0.15) is 9.78 Å². The van der Waals surface area contributed by atoms with Crippen molar-refractivity contribution >= 4 is 10.9 Å². The number of hydrogen-bond donors (Lipinski definition) is 0. The van der Waals surface area contributed by atoms with Crippen LogP contribution in [0.5, 0.6) is 6.01 Å². The number of ether oxygens (including phenoxy) is 1. The smallest absolute Gasteiger partial charge is 0.353 e. The van der Waals surface area contributed by atoms with Crippen molar-refractivity contribution < 1.29 is 4.74 Å². The Hall–Kier alpha value is -3.42. The van der Waals surface area contributed by atoms with Gasteiger partial charge in [0, 0.05) is 24.8 Å². The lowest BCUT2D eigenvalue weighted by atomic mass is 10.2. The highest BCUT2D eigenvalue weighted by molar-refractivity contribution is 5.80. The molecule has 0 unspecified atom stereocenters. The molecule has 4 aromatic rings. The van der Waals surface area contributed by atoms with Gasteiger partial charge in [0.1, 0.15) is 0 Å². The van der Waals surface area contributed by atoms with Crippen molar-refractivity contribution in [3.8, 4) is 17.4 Å². The molecule has 0 atom stereocenters. The van der Waals surface area contributed by atoms with Crippen LogP contribution in [-0.2, 0) is 7.05 Å². The highest BCUT2D eigenvalue weighted by Gasteiger charge is 2.13. The van der Waals surface area contributed by atoms with E-state index in [2.05, 4.69) is 15.2 Å². The van der Waals surface area contributed by atoms with E-state index in [1.807, 2.05) is 37.4 Å². The zero-order valence-corrected chi connectivity index (χ0v) is 14.0. The maximum atomic E-state index is 12.3. The lowest BCUT2D eigenvalue weighted by Crippen LogP contribution is -2.21. The van der Waals surface area contributed by atoms with E-state index in [1.165, 1.54) is 16.4 Å². The number of aromatic nitrogens is 6. The van der Waals surface area contributed by atoms with Gasteiger partial charge in [0.15, 0.2) is 0 Å². The fourth-order valence-corrected chi connectivity index (χ4v) is 2.71. The van der Waals surface area contributed by atoms with Gasteiger partial charge in [0.2, 0.25) is 0 Å². The van der Waals surface area contributed by atoms with Gasteiger partial charge in [-0.05, 0) is 36.8 Å². The summed E-state index contributed by atoms with van der Waals surface area (Å²) in [6.45, 7) is 1.98. The fourth-order valence-electron chi connectivity index (χ4n) is 2.71. The third-order valence-electron chi connectivity index (χ3n) is 3.98. The van der Waals surface area contributed by atoms with E-state index in [0.29, 0.717) is 5.69 Å². The van der Waals surface area contributed by atoms with Crippen molar-refractivity contribution in [2.45, 2.75) is 6.92 Å². The van der Waals surface area contributed by atoms with Crippen LogP contribution in [0.3, 0.4) is 0 Å². The second-order valence-corrected chi connectivity index (χ2v) is 5.78. The molecule has 0 fully saturated rings. The van der Waals surface area contributed by atoms with E-state index in [4.69, 9.17) is 4.74 Å². The number of rotatable bonds is 3. The molecule has 3 heterocycles. The van der Waals surface area contributed by atoms with Gasteiger partial charge in [-0.25, -0.2) is 14.0 Å². The topological polar surface area (TPSA) is 79.8 Å². The molecule has 0 amide bonds. The minimum absolute atomic E-state index is 0.256. The molecule has 3 aromatic heterocycles. The average Bonchev–Trinajstić information content (AvgIpc) is 3.16. The second kappa shape index (κ2) is 5.59.